The first-order chi connectivity index (χ1) is 9.54. The average molecular weight is 301 g/mol. The number of nitrogens with one attached hydrogen (secondary N) is 1. The van der Waals surface area contributed by atoms with Gasteiger partial charge in [0.05, 0.1) is 10.6 Å². The summed E-state index contributed by atoms with van der Waals surface area (Å²) in [5.74, 6) is -2.08. The Kier molecular flexibility index (Phi) is 3.65. The molecule has 3 saturated heterocycles. The number of piperidine rings is 3. The van der Waals surface area contributed by atoms with E-state index in [1.807, 2.05) is 0 Å². The van der Waals surface area contributed by atoms with Crippen molar-refractivity contribution in [2.45, 2.75) is 18.9 Å². The Morgan fingerprint density at radius 3 is 2.50 bits per heavy atom. The van der Waals surface area contributed by atoms with Crippen molar-refractivity contribution in [3.63, 3.8) is 0 Å². The second-order valence-electron chi connectivity index (χ2n) is 5.46. The SMILES string of the molecule is O=C(NC1CN2CCC1CC2)c1cc(F)c(F)cc1Cl. The highest BCUT2D eigenvalue weighted by Crippen LogP contribution is 2.28. The normalized spacial score (nSPS) is 28.4. The summed E-state index contributed by atoms with van der Waals surface area (Å²) in [6.45, 7) is 2.96. The van der Waals surface area contributed by atoms with Crippen molar-refractivity contribution in [2.24, 2.45) is 5.92 Å². The number of rotatable bonds is 2. The third-order valence-corrected chi connectivity index (χ3v) is 4.54. The first-order valence-electron chi connectivity index (χ1n) is 6.72. The highest BCUT2D eigenvalue weighted by molar-refractivity contribution is 6.33. The van der Waals surface area contributed by atoms with Crippen LogP contribution in [0.5, 0.6) is 0 Å². The van der Waals surface area contributed by atoms with E-state index in [1.54, 1.807) is 0 Å². The van der Waals surface area contributed by atoms with E-state index in [0.29, 0.717) is 5.92 Å². The maximum absolute atomic E-state index is 13.2. The molecule has 0 radical (unpaired) electrons. The summed E-state index contributed by atoms with van der Waals surface area (Å²) in [6.07, 6.45) is 2.13. The van der Waals surface area contributed by atoms with Crippen LogP contribution in [-0.4, -0.2) is 36.5 Å². The lowest BCUT2D eigenvalue weighted by Crippen LogP contribution is -2.57. The molecule has 3 nitrogen and oxygen atoms in total. The molecule has 0 aromatic heterocycles. The van der Waals surface area contributed by atoms with E-state index in [4.69, 9.17) is 11.6 Å². The zero-order chi connectivity index (χ0) is 14.3. The van der Waals surface area contributed by atoms with Gasteiger partial charge in [-0.1, -0.05) is 11.6 Å². The Bertz CT molecular complexity index is 544. The number of halogens is 3. The molecule has 0 saturated carbocycles. The van der Waals surface area contributed by atoms with E-state index in [9.17, 15) is 13.6 Å². The second kappa shape index (κ2) is 5.30. The van der Waals surface area contributed by atoms with Gasteiger partial charge in [-0.25, -0.2) is 8.78 Å². The van der Waals surface area contributed by atoms with Crippen molar-refractivity contribution in [2.75, 3.05) is 19.6 Å². The predicted octanol–water partition coefficient (Wildman–Crippen LogP) is 2.44. The van der Waals surface area contributed by atoms with Gasteiger partial charge in [0.25, 0.3) is 5.91 Å². The van der Waals surface area contributed by atoms with Gasteiger partial charge in [0.1, 0.15) is 0 Å². The number of hydrogen-bond acceptors (Lipinski definition) is 2. The largest absolute Gasteiger partial charge is 0.348 e. The first-order valence-corrected chi connectivity index (χ1v) is 7.10. The first kappa shape index (κ1) is 13.8. The van der Waals surface area contributed by atoms with Crippen molar-refractivity contribution < 1.29 is 13.6 Å². The van der Waals surface area contributed by atoms with Crippen LogP contribution in [0.4, 0.5) is 8.78 Å². The summed E-state index contributed by atoms with van der Waals surface area (Å²) in [4.78, 5) is 14.5. The van der Waals surface area contributed by atoms with Crippen molar-refractivity contribution in [1.29, 1.82) is 0 Å². The third-order valence-electron chi connectivity index (χ3n) is 4.23. The van der Waals surface area contributed by atoms with Crippen LogP contribution in [0.1, 0.15) is 23.2 Å². The maximum atomic E-state index is 13.2. The Hall–Kier alpha value is -1.20. The molecule has 1 unspecified atom stereocenters. The average Bonchev–Trinajstić information content (AvgIpc) is 2.44. The van der Waals surface area contributed by atoms with E-state index in [0.717, 1.165) is 44.6 Å². The van der Waals surface area contributed by atoms with Crippen LogP contribution < -0.4 is 5.32 Å². The smallest absolute Gasteiger partial charge is 0.253 e. The van der Waals surface area contributed by atoms with Gasteiger partial charge in [-0.15, -0.1) is 0 Å². The van der Waals surface area contributed by atoms with Crippen molar-refractivity contribution in [1.82, 2.24) is 10.2 Å². The van der Waals surface area contributed by atoms with Crippen LogP contribution >= 0.6 is 11.6 Å². The number of fused-ring (bicyclic) bond motifs is 3. The molecule has 3 aliphatic rings. The van der Waals surface area contributed by atoms with Gasteiger partial charge in [0.15, 0.2) is 11.6 Å². The van der Waals surface area contributed by atoms with E-state index in [-0.39, 0.29) is 16.6 Å². The molecule has 3 heterocycles. The fourth-order valence-corrected chi connectivity index (χ4v) is 3.31. The van der Waals surface area contributed by atoms with E-state index in [2.05, 4.69) is 10.2 Å². The topological polar surface area (TPSA) is 32.3 Å². The zero-order valence-electron chi connectivity index (χ0n) is 10.8. The van der Waals surface area contributed by atoms with Crippen molar-refractivity contribution >= 4 is 17.5 Å². The fourth-order valence-electron chi connectivity index (χ4n) is 3.07. The summed E-state index contributed by atoms with van der Waals surface area (Å²) < 4.78 is 26.2. The minimum absolute atomic E-state index is 0.0120. The molecular weight excluding hydrogens is 286 g/mol. The second-order valence-corrected chi connectivity index (χ2v) is 5.87. The Balaban J connectivity index is 1.75. The van der Waals surface area contributed by atoms with Gasteiger partial charge in [0.2, 0.25) is 0 Å². The molecule has 20 heavy (non-hydrogen) atoms. The highest BCUT2D eigenvalue weighted by Gasteiger charge is 2.35. The van der Waals surface area contributed by atoms with Crippen LogP contribution in [0, 0.1) is 17.6 Å². The molecule has 108 valence electrons. The van der Waals surface area contributed by atoms with Crippen molar-refractivity contribution in [3.05, 3.63) is 34.4 Å². The quantitative estimate of drug-likeness (QED) is 0.851. The molecular formula is C14H15ClF2N2O. The monoisotopic (exact) mass is 300 g/mol. The predicted molar refractivity (Wildman–Crippen MR) is 71.8 cm³/mol. The Labute approximate surface area is 120 Å². The molecule has 3 fully saturated rings. The number of amides is 1. The number of nitrogens with zero attached hydrogens (tertiary/aromatic N) is 1. The molecule has 1 N–H and O–H groups in total. The van der Waals surface area contributed by atoms with Crippen LogP contribution in [0.3, 0.4) is 0 Å². The Morgan fingerprint density at radius 2 is 1.90 bits per heavy atom. The third kappa shape index (κ3) is 2.52. The highest BCUT2D eigenvalue weighted by atomic mass is 35.5. The zero-order valence-corrected chi connectivity index (χ0v) is 11.6. The molecule has 4 rings (SSSR count). The number of carbonyl (C=O) groups is 1. The van der Waals surface area contributed by atoms with E-state index < -0.39 is 17.5 Å². The van der Waals surface area contributed by atoms with Crippen LogP contribution in [0.25, 0.3) is 0 Å². The molecule has 1 aromatic carbocycles. The van der Waals surface area contributed by atoms with Gasteiger partial charge < -0.3 is 10.2 Å². The van der Waals surface area contributed by atoms with Crippen LogP contribution in [0.2, 0.25) is 5.02 Å². The molecule has 1 aromatic rings. The number of carbonyl (C=O) groups excluding carboxylic acids is 1. The summed E-state index contributed by atoms with van der Waals surface area (Å²) in [5.41, 5.74) is -0.0120. The van der Waals surface area contributed by atoms with E-state index in [1.165, 1.54) is 0 Å². The standard InChI is InChI=1S/C14H15ClF2N2O/c15-10-6-12(17)11(16)5-9(10)14(20)18-13-7-19-3-1-8(13)2-4-19/h5-6,8,13H,1-4,7H2,(H,18,20). The van der Waals surface area contributed by atoms with Gasteiger partial charge in [-0.05, 0) is 44.0 Å². The molecule has 2 bridgehead atoms. The summed E-state index contributed by atoms with van der Waals surface area (Å²) in [7, 11) is 0. The minimum atomic E-state index is -1.06. The van der Waals surface area contributed by atoms with E-state index >= 15 is 0 Å². The lowest BCUT2D eigenvalue weighted by Gasteiger charge is -2.44. The maximum Gasteiger partial charge on any atom is 0.253 e. The minimum Gasteiger partial charge on any atom is -0.348 e. The molecule has 0 aliphatic carbocycles. The molecule has 1 amide bonds. The molecule has 3 aliphatic heterocycles. The lowest BCUT2D eigenvalue weighted by atomic mass is 9.84. The Morgan fingerprint density at radius 1 is 1.25 bits per heavy atom. The van der Waals surface area contributed by atoms with Crippen LogP contribution in [0.15, 0.2) is 12.1 Å². The summed E-state index contributed by atoms with van der Waals surface area (Å²) >= 11 is 5.82. The lowest BCUT2D eigenvalue weighted by molar-refractivity contribution is 0.0620. The molecule has 6 heteroatoms. The number of hydrogen-bond donors (Lipinski definition) is 1. The van der Waals surface area contributed by atoms with Gasteiger partial charge in [-0.3, -0.25) is 4.79 Å². The van der Waals surface area contributed by atoms with Crippen molar-refractivity contribution in [3.8, 4) is 0 Å². The molecule has 0 spiro atoms. The van der Waals surface area contributed by atoms with Gasteiger partial charge in [-0.2, -0.15) is 0 Å². The van der Waals surface area contributed by atoms with Gasteiger partial charge in [0, 0.05) is 12.6 Å². The molecule has 1 atom stereocenters. The fraction of sp³-hybridized carbons (Fsp3) is 0.500. The summed E-state index contributed by atoms with van der Waals surface area (Å²) in [6, 6.07) is 1.76. The summed E-state index contributed by atoms with van der Waals surface area (Å²) in [5, 5.41) is 2.83. The number of benzene rings is 1. The van der Waals surface area contributed by atoms with Crippen LogP contribution in [-0.2, 0) is 0 Å². The van der Waals surface area contributed by atoms with Gasteiger partial charge >= 0.3 is 0 Å².